The third kappa shape index (κ3) is 3.36. The lowest BCUT2D eigenvalue weighted by Crippen LogP contribution is -2.26. The van der Waals surface area contributed by atoms with Gasteiger partial charge in [-0.05, 0) is 30.7 Å². The monoisotopic (exact) mass is 249 g/mol. The molecule has 1 amide bonds. The van der Waals surface area contributed by atoms with Gasteiger partial charge in [-0.1, -0.05) is 11.6 Å². The first-order valence-corrected chi connectivity index (χ1v) is 5.23. The van der Waals surface area contributed by atoms with Gasteiger partial charge in [-0.2, -0.15) is 0 Å². The number of alkyl halides is 1. The Morgan fingerprint density at radius 2 is 2.20 bits per heavy atom. The zero-order valence-electron chi connectivity index (χ0n) is 8.06. The van der Waals surface area contributed by atoms with Gasteiger partial charge in [0, 0.05) is 11.6 Å². The smallest absolute Gasteiger partial charge is 0.242 e. The van der Waals surface area contributed by atoms with Crippen molar-refractivity contribution >= 4 is 29.1 Å². The number of benzene rings is 1. The van der Waals surface area contributed by atoms with Gasteiger partial charge in [0.25, 0.3) is 0 Å². The highest BCUT2D eigenvalue weighted by Crippen LogP contribution is 2.24. The Bertz CT molecular complexity index is 350. The second kappa shape index (κ2) is 5.33. The fourth-order valence-electron chi connectivity index (χ4n) is 1.14. The van der Waals surface area contributed by atoms with Crippen LogP contribution in [-0.2, 0) is 4.79 Å². The third-order valence-corrected chi connectivity index (χ3v) is 2.43. The molecule has 0 spiro atoms. The van der Waals surface area contributed by atoms with Crippen molar-refractivity contribution in [1.82, 2.24) is 5.32 Å². The summed E-state index contributed by atoms with van der Waals surface area (Å²) in [5.74, 6) is -0.867. The van der Waals surface area contributed by atoms with E-state index in [2.05, 4.69) is 5.32 Å². The van der Waals surface area contributed by atoms with Gasteiger partial charge in [0.1, 0.15) is 11.2 Å². The number of amides is 1. The average molecular weight is 250 g/mol. The van der Waals surface area contributed by atoms with Gasteiger partial charge in [0.15, 0.2) is 0 Å². The molecular formula is C10H10Cl2FNO. The van der Waals surface area contributed by atoms with Crippen LogP contribution in [-0.4, -0.2) is 12.5 Å². The van der Waals surface area contributed by atoms with E-state index < -0.39 is 11.2 Å². The molecule has 1 unspecified atom stereocenters. The fourth-order valence-corrected chi connectivity index (χ4v) is 1.57. The molecule has 0 radical (unpaired) electrons. The average Bonchev–Trinajstić information content (AvgIpc) is 2.15. The first-order chi connectivity index (χ1) is 7.04. The predicted octanol–water partition coefficient (Wildman–Crippen LogP) is 2.90. The molecule has 1 rings (SSSR count). The Morgan fingerprint density at radius 1 is 1.53 bits per heavy atom. The standard InChI is InChI=1S/C10H10Cl2FNO/c1-2-14-10(15)9(12)6-3-7(11)5-8(13)4-6/h3-5,9H,2H2,1H3,(H,14,15). The SMILES string of the molecule is CCNC(=O)C(Cl)c1cc(F)cc(Cl)c1. The van der Waals surface area contributed by atoms with Crippen molar-refractivity contribution in [2.45, 2.75) is 12.3 Å². The summed E-state index contributed by atoms with van der Waals surface area (Å²) in [6, 6.07) is 3.82. The van der Waals surface area contributed by atoms with Crippen molar-refractivity contribution in [3.63, 3.8) is 0 Å². The first kappa shape index (κ1) is 12.3. The van der Waals surface area contributed by atoms with Crippen molar-refractivity contribution in [3.8, 4) is 0 Å². The number of likely N-dealkylation sites (N-methyl/N-ethyl adjacent to an activating group) is 1. The van der Waals surface area contributed by atoms with Crippen LogP contribution in [0.1, 0.15) is 17.9 Å². The van der Waals surface area contributed by atoms with E-state index in [4.69, 9.17) is 23.2 Å². The van der Waals surface area contributed by atoms with Crippen LogP contribution in [0.4, 0.5) is 4.39 Å². The van der Waals surface area contributed by atoms with Crippen LogP contribution >= 0.6 is 23.2 Å². The minimum Gasteiger partial charge on any atom is -0.355 e. The minimum atomic E-state index is -0.918. The molecule has 2 nitrogen and oxygen atoms in total. The summed E-state index contributed by atoms with van der Waals surface area (Å²) in [4.78, 5) is 11.4. The summed E-state index contributed by atoms with van der Waals surface area (Å²) in [5, 5.41) is 1.85. The molecule has 0 aromatic heterocycles. The number of halogens is 3. The highest BCUT2D eigenvalue weighted by atomic mass is 35.5. The minimum absolute atomic E-state index is 0.222. The zero-order valence-corrected chi connectivity index (χ0v) is 9.57. The normalized spacial score (nSPS) is 12.3. The summed E-state index contributed by atoms with van der Waals surface area (Å²) < 4.78 is 13.0. The molecule has 0 saturated carbocycles. The number of rotatable bonds is 3. The van der Waals surface area contributed by atoms with Gasteiger partial charge in [-0.3, -0.25) is 4.79 Å². The van der Waals surface area contributed by atoms with E-state index in [-0.39, 0.29) is 10.9 Å². The van der Waals surface area contributed by atoms with Crippen molar-refractivity contribution in [3.05, 3.63) is 34.6 Å². The summed E-state index contributed by atoms with van der Waals surface area (Å²) >= 11 is 11.5. The van der Waals surface area contributed by atoms with Gasteiger partial charge in [-0.25, -0.2) is 4.39 Å². The maximum atomic E-state index is 13.0. The lowest BCUT2D eigenvalue weighted by atomic mass is 10.1. The maximum absolute atomic E-state index is 13.0. The fraction of sp³-hybridized carbons (Fsp3) is 0.300. The van der Waals surface area contributed by atoms with Crippen molar-refractivity contribution in [1.29, 1.82) is 0 Å². The molecule has 0 aliphatic rings. The summed E-state index contributed by atoms with van der Waals surface area (Å²) in [7, 11) is 0. The second-order valence-electron chi connectivity index (χ2n) is 2.96. The van der Waals surface area contributed by atoms with Crippen LogP contribution in [0.3, 0.4) is 0 Å². The van der Waals surface area contributed by atoms with E-state index in [0.717, 1.165) is 6.07 Å². The molecule has 1 atom stereocenters. The van der Waals surface area contributed by atoms with Crippen molar-refractivity contribution in [2.24, 2.45) is 0 Å². The topological polar surface area (TPSA) is 29.1 Å². The van der Waals surface area contributed by atoms with E-state index in [1.165, 1.54) is 12.1 Å². The Balaban J connectivity index is 2.90. The van der Waals surface area contributed by atoms with Gasteiger partial charge in [0.05, 0.1) is 0 Å². The van der Waals surface area contributed by atoms with Crippen LogP contribution in [0.15, 0.2) is 18.2 Å². The third-order valence-electron chi connectivity index (χ3n) is 1.76. The number of nitrogens with one attached hydrogen (secondary N) is 1. The number of carbonyl (C=O) groups is 1. The van der Waals surface area contributed by atoms with Gasteiger partial charge in [-0.15, -0.1) is 11.6 Å². The predicted molar refractivity (Wildman–Crippen MR) is 58.7 cm³/mol. The molecule has 0 aliphatic carbocycles. The zero-order chi connectivity index (χ0) is 11.4. The number of hydrogen-bond donors (Lipinski definition) is 1. The van der Waals surface area contributed by atoms with Crippen molar-refractivity contribution in [2.75, 3.05) is 6.54 Å². The van der Waals surface area contributed by atoms with E-state index in [9.17, 15) is 9.18 Å². The second-order valence-corrected chi connectivity index (χ2v) is 3.83. The van der Waals surface area contributed by atoms with Crippen LogP contribution in [0.5, 0.6) is 0 Å². The van der Waals surface area contributed by atoms with Crippen molar-refractivity contribution < 1.29 is 9.18 Å². The largest absolute Gasteiger partial charge is 0.355 e. The van der Waals surface area contributed by atoms with Crippen LogP contribution < -0.4 is 5.32 Å². The highest BCUT2D eigenvalue weighted by Gasteiger charge is 2.17. The van der Waals surface area contributed by atoms with Gasteiger partial charge in [0.2, 0.25) is 5.91 Å². The molecule has 0 aliphatic heterocycles. The Labute approximate surface area is 97.4 Å². The molecule has 0 bridgehead atoms. The van der Waals surface area contributed by atoms with E-state index in [1.54, 1.807) is 6.92 Å². The molecule has 0 saturated heterocycles. The number of carbonyl (C=O) groups excluding carboxylic acids is 1. The summed E-state index contributed by atoms with van der Waals surface area (Å²) in [5.41, 5.74) is 0.354. The Hall–Kier alpha value is -0.800. The Kier molecular flexibility index (Phi) is 4.36. The van der Waals surface area contributed by atoms with E-state index in [0.29, 0.717) is 12.1 Å². The van der Waals surface area contributed by atoms with E-state index in [1.807, 2.05) is 0 Å². The summed E-state index contributed by atoms with van der Waals surface area (Å²) in [6.07, 6.45) is 0. The molecule has 1 aromatic rings. The lowest BCUT2D eigenvalue weighted by molar-refractivity contribution is -0.120. The Morgan fingerprint density at radius 3 is 2.73 bits per heavy atom. The molecular weight excluding hydrogens is 240 g/mol. The first-order valence-electron chi connectivity index (χ1n) is 4.42. The van der Waals surface area contributed by atoms with Crippen LogP contribution in [0, 0.1) is 5.82 Å². The maximum Gasteiger partial charge on any atom is 0.242 e. The van der Waals surface area contributed by atoms with Gasteiger partial charge < -0.3 is 5.32 Å². The summed E-state index contributed by atoms with van der Waals surface area (Å²) in [6.45, 7) is 2.26. The molecule has 1 N–H and O–H groups in total. The lowest BCUT2D eigenvalue weighted by Gasteiger charge is -2.09. The van der Waals surface area contributed by atoms with Crippen LogP contribution in [0.2, 0.25) is 5.02 Å². The molecule has 0 fully saturated rings. The molecule has 1 aromatic carbocycles. The highest BCUT2D eigenvalue weighted by molar-refractivity contribution is 6.32. The quantitative estimate of drug-likeness (QED) is 0.821. The molecule has 82 valence electrons. The molecule has 15 heavy (non-hydrogen) atoms. The molecule has 0 heterocycles. The van der Waals surface area contributed by atoms with Crippen LogP contribution in [0.25, 0.3) is 0 Å². The molecule has 5 heteroatoms. The number of hydrogen-bond acceptors (Lipinski definition) is 1. The van der Waals surface area contributed by atoms with Gasteiger partial charge >= 0.3 is 0 Å². The van der Waals surface area contributed by atoms with E-state index >= 15 is 0 Å².